The summed E-state index contributed by atoms with van der Waals surface area (Å²) in [7, 11) is 0. The van der Waals surface area contributed by atoms with E-state index in [1.807, 2.05) is 0 Å². The molecule has 11 atom stereocenters. The zero-order valence-corrected chi connectivity index (χ0v) is 40.0. The lowest BCUT2D eigenvalue weighted by molar-refractivity contribution is -0.346. The van der Waals surface area contributed by atoms with Crippen molar-refractivity contribution in [2.24, 2.45) is 16.7 Å². The second-order valence-corrected chi connectivity index (χ2v) is 20.2. The van der Waals surface area contributed by atoms with E-state index in [4.69, 9.17) is 28.4 Å². The molecule has 16 nitrogen and oxygen atoms in total. The molecule has 0 radical (unpaired) electrons. The average Bonchev–Trinajstić information content (AvgIpc) is 3.25. The summed E-state index contributed by atoms with van der Waals surface area (Å²) in [6, 6.07) is 14.8. The van der Waals surface area contributed by atoms with Gasteiger partial charge < -0.3 is 49.1 Å². The Hall–Kier alpha value is -5.16. The minimum Gasteiger partial charge on any atom is -0.455 e. The van der Waals surface area contributed by atoms with Crippen molar-refractivity contribution < 1.29 is 72.5 Å². The number of aliphatic hydroxyl groups is 3. The quantitative estimate of drug-likeness (QED) is 0.0677. The second-order valence-electron chi connectivity index (χ2n) is 20.2. The molecule has 1 aliphatic heterocycles. The third kappa shape index (κ3) is 9.90. The highest BCUT2D eigenvalue weighted by Gasteiger charge is 2.78. The van der Waals surface area contributed by atoms with Gasteiger partial charge in [-0.05, 0) is 69.9 Å². The van der Waals surface area contributed by atoms with Crippen LogP contribution in [0.5, 0.6) is 0 Å². The Morgan fingerprint density at radius 2 is 1.54 bits per heavy atom. The first-order valence-electron chi connectivity index (χ1n) is 23.3. The standard InChI is InChI=1S/C51H67NO15/c1-10-11-12-13-20-25-36(55)64-40(38(31-21-16-14-17-22-31)52-46(60)67-47(4,5)6)45(59)63-33-27-51(61)43(65-44(58)32-23-18-15-19-24-32)41-49(9,42(57)39(56)37(29(33)2)48(51,7)8)34(54)26-35-50(41,28-62-35)66-30(3)53/h14-19,21-24,33-35,38-41,43,54,56,61H,10-13,20,25-28H2,1-9H3,(H,52,60)/t33-,34-,35+,38-,39+,40+,41?,43-,49+,50-,51+/m0/s1. The second kappa shape index (κ2) is 19.8. The summed E-state index contributed by atoms with van der Waals surface area (Å²) in [6.07, 6.45) is -7.45. The first kappa shape index (κ1) is 51.2. The third-order valence-corrected chi connectivity index (χ3v) is 14.3. The molecule has 3 aliphatic carbocycles. The van der Waals surface area contributed by atoms with Gasteiger partial charge in [0, 0.05) is 31.6 Å². The van der Waals surface area contributed by atoms with Gasteiger partial charge in [-0.3, -0.25) is 14.4 Å². The molecule has 2 saturated carbocycles. The molecule has 67 heavy (non-hydrogen) atoms. The van der Waals surface area contributed by atoms with E-state index in [0.29, 0.717) is 12.0 Å². The van der Waals surface area contributed by atoms with Crippen LogP contribution in [0.25, 0.3) is 0 Å². The van der Waals surface area contributed by atoms with Crippen molar-refractivity contribution >= 4 is 35.8 Å². The molecule has 2 aromatic rings. The highest BCUT2D eigenvalue weighted by molar-refractivity contribution is 5.94. The molecular formula is C51H67NO15. The number of ether oxygens (including phenoxy) is 6. The van der Waals surface area contributed by atoms with E-state index < -0.39 is 118 Å². The number of alkyl carbamates (subject to hydrolysis) is 1. The summed E-state index contributed by atoms with van der Waals surface area (Å²) in [6.45, 7) is 13.9. The summed E-state index contributed by atoms with van der Waals surface area (Å²) in [5, 5.41) is 40.8. The molecule has 0 aromatic heterocycles. The molecule has 2 aromatic carbocycles. The van der Waals surface area contributed by atoms with Crippen molar-refractivity contribution in [1.29, 1.82) is 0 Å². The predicted molar refractivity (Wildman–Crippen MR) is 241 cm³/mol. The van der Waals surface area contributed by atoms with Crippen LogP contribution in [0.15, 0.2) is 71.8 Å². The number of unbranched alkanes of at least 4 members (excludes halogenated alkanes) is 4. The van der Waals surface area contributed by atoms with Gasteiger partial charge in [-0.1, -0.05) is 95.0 Å². The van der Waals surface area contributed by atoms with Gasteiger partial charge in [0.15, 0.2) is 11.4 Å². The van der Waals surface area contributed by atoms with E-state index in [9.17, 15) is 39.3 Å². The maximum Gasteiger partial charge on any atom is 0.408 e. The average molecular weight is 934 g/mol. The van der Waals surface area contributed by atoms with Crippen molar-refractivity contribution in [2.45, 2.75) is 173 Å². The number of rotatable bonds is 15. The van der Waals surface area contributed by atoms with Gasteiger partial charge in [-0.2, -0.15) is 0 Å². The fraction of sp³-hybridized carbons (Fsp3) is 0.608. The lowest BCUT2D eigenvalue weighted by Crippen LogP contribution is -2.81. The number of nitrogens with one attached hydrogen (secondary N) is 1. The van der Waals surface area contributed by atoms with E-state index in [1.54, 1.807) is 83.1 Å². The van der Waals surface area contributed by atoms with Crippen LogP contribution >= 0.6 is 0 Å². The van der Waals surface area contributed by atoms with E-state index in [1.165, 1.54) is 26.0 Å². The molecule has 366 valence electrons. The van der Waals surface area contributed by atoms with Gasteiger partial charge in [0.25, 0.3) is 0 Å². The first-order valence-corrected chi connectivity index (χ1v) is 23.3. The Bertz CT molecular complexity index is 2200. The predicted octanol–water partition coefficient (Wildman–Crippen LogP) is 6.17. The fourth-order valence-corrected chi connectivity index (χ4v) is 10.7. The zero-order valence-electron chi connectivity index (χ0n) is 40.0. The molecule has 1 amide bonds. The van der Waals surface area contributed by atoms with Crippen LogP contribution in [0.3, 0.4) is 0 Å². The summed E-state index contributed by atoms with van der Waals surface area (Å²) in [5.41, 5.74) is -8.31. The zero-order chi connectivity index (χ0) is 49.3. The molecule has 6 rings (SSSR count). The monoisotopic (exact) mass is 933 g/mol. The normalized spacial score (nSPS) is 30.7. The molecular weight excluding hydrogens is 867 g/mol. The molecule has 0 spiro atoms. The Morgan fingerprint density at radius 1 is 0.910 bits per heavy atom. The minimum atomic E-state index is -2.40. The lowest BCUT2D eigenvalue weighted by atomic mass is 9.44. The van der Waals surface area contributed by atoms with Gasteiger partial charge >= 0.3 is 30.0 Å². The maximum absolute atomic E-state index is 15.2. The van der Waals surface area contributed by atoms with Gasteiger partial charge in [0.1, 0.15) is 41.7 Å². The van der Waals surface area contributed by atoms with E-state index in [-0.39, 0.29) is 36.2 Å². The van der Waals surface area contributed by atoms with Crippen molar-refractivity contribution in [2.75, 3.05) is 6.61 Å². The highest BCUT2D eigenvalue weighted by Crippen LogP contribution is 2.64. The molecule has 1 unspecified atom stereocenters. The fourth-order valence-electron chi connectivity index (χ4n) is 10.7. The molecule has 1 heterocycles. The number of amides is 1. The molecule has 4 aliphatic rings. The van der Waals surface area contributed by atoms with Crippen molar-refractivity contribution in [1.82, 2.24) is 5.32 Å². The number of hydrogen-bond donors (Lipinski definition) is 4. The number of Topliss-reactive ketones (excluding diaryl/α,β-unsaturated/α-hetero) is 1. The maximum atomic E-state index is 15.2. The largest absolute Gasteiger partial charge is 0.455 e. The third-order valence-electron chi connectivity index (χ3n) is 14.3. The summed E-state index contributed by atoms with van der Waals surface area (Å²) in [4.78, 5) is 84.7. The van der Waals surface area contributed by atoms with Gasteiger partial charge in [0.2, 0.25) is 6.10 Å². The van der Waals surface area contributed by atoms with Crippen LogP contribution in [0.2, 0.25) is 0 Å². The molecule has 1 saturated heterocycles. The summed E-state index contributed by atoms with van der Waals surface area (Å²) < 4.78 is 36.2. The Morgan fingerprint density at radius 3 is 2.12 bits per heavy atom. The molecule has 16 heteroatoms. The SMILES string of the molecule is CCCCCCCC(=O)O[C@@H](C(=O)O[C@H]1C[C@@]2(O)[C@@H](OC(=O)c3ccccc3)C3[C@](C)(C(=O)[C@H](O)C(=C1C)C2(C)C)[C@@H](O)C[C@H]1OC[C@@]31OC(C)=O)[C@@H](NC(=O)OC(C)(C)C)c1ccccc1. The lowest BCUT2D eigenvalue weighted by Gasteiger charge is -2.67. The molecule has 2 bridgehead atoms. The molecule has 4 N–H and O–H groups in total. The van der Waals surface area contributed by atoms with Crippen molar-refractivity contribution in [3.05, 3.63) is 82.9 Å². The van der Waals surface area contributed by atoms with Crippen LogP contribution in [0, 0.1) is 16.7 Å². The van der Waals surface area contributed by atoms with Crippen LogP contribution in [0.4, 0.5) is 4.79 Å². The number of carbonyl (C=O) groups is 6. The van der Waals surface area contributed by atoms with E-state index in [0.717, 1.165) is 32.6 Å². The highest BCUT2D eigenvalue weighted by atomic mass is 16.6. The Kier molecular flexibility index (Phi) is 15.2. The molecule has 3 fully saturated rings. The van der Waals surface area contributed by atoms with E-state index >= 15 is 4.79 Å². The van der Waals surface area contributed by atoms with Crippen LogP contribution in [-0.2, 0) is 47.6 Å². The van der Waals surface area contributed by atoms with Gasteiger partial charge in [-0.15, -0.1) is 0 Å². The summed E-state index contributed by atoms with van der Waals surface area (Å²) in [5.74, 6) is -6.08. The van der Waals surface area contributed by atoms with Crippen LogP contribution in [-0.4, -0.2) is 111 Å². The number of hydrogen-bond acceptors (Lipinski definition) is 15. The Balaban J connectivity index is 1.50. The number of fused-ring (bicyclic) bond motifs is 5. The number of esters is 4. The van der Waals surface area contributed by atoms with Gasteiger partial charge in [0.05, 0.1) is 29.6 Å². The number of ketones is 1. The first-order chi connectivity index (χ1) is 31.4. The topological polar surface area (TPSA) is 231 Å². The minimum absolute atomic E-state index is 0.0501. The van der Waals surface area contributed by atoms with Gasteiger partial charge in [-0.25, -0.2) is 14.4 Å². The smallest absolute Gasteiger partial charge is 0.408 e. The van der Waals surface area contributed by atoms with Crippen molar-refractivity contribution in [3.63, 3.8) is 0 Å². The summed E-state index contributed by atoms with van der Waals surface area (Å²) >= 11 is 0. The number of benzene rings is 2. The van der Waals surface area contributed by atoms with E-state index in [2.05, 4.69) is 12.2 Å². The van der Waals surface area contributed by atoms with Crippen molar-refractivity contribution in [3.8, 4) is 0 Å². The number of aliphatic hydroxyl groups excluding tert-OH is 2. The van der Waals surface area contributed by atoms with Crippen LogP contribution in [0.1, 0.15) is 136 Å². The Labute approximate surface area is 392 Å². The van der Waals surface area contributed by atoms with Crippen LogP contribution < -0.4 is 5.32 Å². The number of carbonyl (C=O) groups excluding carboxylic acids is 6.